The van der Waals surface area contributed by atoms with Crippen LogP contribution in [0.2, 0.25) is 0 Å². The minimum Gasteiger partial charge on any atom is -0.465 e. The molecule has 2 N–H and O–H groups in total. The summed E-state index contributed by atoms with van der Waals surface area (Å²) in [5.74, 6) is -1.48. The summed E-state index contributed by atoms with van der Waals surface area (Å²) in [5, 5.41) is 2.55. The summed E-state index contributed by atoms with van der Waals surface area (Å²) < 4.78 is 45.0. The fourth-order valence-corrected chi connectivity index (χ4v) is 2.46. The summed E-state index contributed by atoms with van der Waals surface area (Å²) in [5.41, 5.74) is 1.75. The summed E-state index contributed by atoms with van der Waals surface area (Å²) in [7, 11) is 1.25. The Kier molecular flexibility index (Phi) is 5.59. The van der Waals surface area contributed by atoms with Gasteiger partial charge in [0.2, 0.25) is 0 Å². The van der Waals surface area contributed by atoms with E-state index < -0.39 is 24.0 Å². The first-order valence-corrected chi connectivity index (χ1v) is 7.63. The van der Waals surface area contributed by atoms with Gasteiger partial charge in [-0.15, -0.1) is 13.2 Å². The van der Waals surface area contributed by atoms with Crippen LogP contribution < -0.4 is 10.1 Å². The minimum atomic E-state index is -4.78. The van der Waals surface area contributed by atoms with E-state index in [9.17, 15) is 22.8 Å². The van der Waals surface area contributed by atoms with Crippen molar-refractivity contribution in [3.63, 3.8) is 0 Å². The predicted molar refractivity (Wildman–Crippen MR) is 87.3 cm³/mol. The number of rotatable bonds is 5. The SMILES string of the molecule is CCc1[nH]c(C(=O)Nc2ccc(OC(F)(F)F)cc2)c(C)c1C(=O)OC. The van der Waals surface area contributed by atoms with Gasteiger partial charge in [-0.05, 0) is 43.2 Å². The number of carbonyl (C=O) groups is 2. The number of benzene rings is 1. The van der Waals surface area contributed by atoms with Crippen LogP contribution in [0.1, 0.15) is 39.0 Å². The van der Waals surface area contributed by atoms with Crippen molar-refractivity contribution in [1.82, 2.24) is 4.98 Å². The second-order valence-corrected chi connectivity index (χ2v) is 5.35. The fourth-order valence-electron chi connectivity index (χ4n) is 2.46. The van der Waals surface area contributed by atoms with Crippen molar-refractivity contribution in [3.05, 3.63) is 46.8 Å². The lowest BCUT2D eigenvalue weighted by Crippen LogP contribution is -2.17. The molecule has 0 aliphatic carbocycles. The van der Waals surface area contributed by atoms with E-state index in [0.717, 1.165) is 12.1 Å². The Labute approximate surface area is 147 Å². The van der Waals surface area contributed by atoms with Crippen molar-refractivity contribution >= 4 is 17.6 Å². The second kappa shape index (κ2) is 7.51. The van der Waals surface area contributed by atoms with Gasteiger partial charge in [0, 0.05) is 11.4 Å². The molecule has 26 heavy (non-hydrogen) atoms. The lowest BCUT2D eigenvalue weighted by molar-refractivity contribution is -0.274. The summed E-state index contributed by atoms with van der Waals surface area (Å²) in [6, 6.07) is 4.72. The molecule has 0 spiro atoms. The van der Waals surface area contributed by atoms with Gasteiger partial charge in [-0.2, -0.15) is 0 Å². The van der Waals surface area contributed by atoms with Crippen molar-refractivity contribution in [2.24, 2.45) is 0 Å². The molecule has 0 aliphatic heterocycles. The molecule has 0 aliphatic rings. The number of hydrogen-bond acceptors (Lipinski definition) is 4. The quantitative estimate of drug-likeness (QED) is 0.784. The lowest BCUT2D eigenvalue weighted by Gasteiger charge is -2.10. The first-order valence-electron chi connectivity index (χ1n) is 7.63. The monoisotopic (exact) mass is 370 g/mol. The van der Waals surface area contributed by atoms with Gasteiger partial charge in [0.15, 0.2) is 0 Å². The number of aryl methyl sites for hydroxylation is 1. The molecular weight excluding hydrogens is 353 g/mol. The van der Waals surface area contributed by atoms with Crippen LogP contribution in [0.3, 0.4) is 0 Å². The van der Waals surface area contributed by atoms with E-state index in [4.69, 9.17) is 4.74 Å². The van der Waals surface area contributed by atoms with E-state index in [-0.39, 0.29) is 11.4 Å². The number of hydrogen-bond donors (Lipinski definition) is 2. The van der Waals surface area contributed by atoms with Crippen molar-refractivity contribution in [1.29, 1.82) is 0 Å². The third kappa shape index (κ3) is 4.35. The van der Waals surface area contributed by atoms with Crippen molar-refractivity contribution in [2.75, 3.05) is 12.4 Å². The number of H-pyrrole nitrogens is 1. The van der Waals surface area contributed by atoms with Crippen LogP contribution in [0.5, 0.6) is 5.75 Å². The average Bonchev–Trinajstić information content (AvgIpc) is 2.91. The Balaban J connectivity index is 2.20. The molecule has 2 aromatic rings. The van der Waals surface area contributed by atoms with Crippen LogP contribution in [-0.4, -0.2) is 30.3 Å². The number of aromatic amines is 1. The molecule has 2 rings (SSSR count). The van der Waals surface area contributed by atoms with Gasteiger partial charge in [0.05, 0.1) is 12.7 Å². The third-order valence-corrected chi connectivity index (χ3v) is 3.64. The molecule has 0 fully saturated rings. The van der Waals surface area contributed by atoms with E-state index in [1.54, 1.807) is 6.92 Å². The highest BCUT2D eigenvalue weighted by Crippen LogP contribution is 2.25. The van der Waals surface area contributed by atoms with Gasteiger partial charge in [0.1, 0.15) is 11.4 Å². The molecule has 1 amide bonds. The van der Waals surface area contributed by atoms with Crippen molar-refractivity contribution < 1.29 is 32.2 Å². The summed E-state index contributed by atoms with van der Waals surface area (Å²) in [6.45, 7) is 3.43. The normalized spacial score (nSPS) is 11.2. The molecule has 0 radical (unpaired) electrons. The summed E-state index contributed by atoms with van der Waals surface area (Å²) in [6.07, 6.45) is -4.30. The Morgan fingerprint density at radius 3 is 2.31 bits per heavy atom. The third-order valence-electron chi connectivity index (χ3n) is 3.64. The lowest BCUT2D eigenvalue weighted by atomic mass is 10.1. The number of alkyl halides is 3. The molecule has 0 atom stereocenters. The van der Waals surface area contributed by atoms with E-state index in [1.165, 1.54) is 19.2 Å². The zero-order valence-corrected chi connectivity index (χ0v) is 14.3. The Morgan fingerprint density at radius 1 is 1.19 bits per heavy atom. The van der Waals surface area contributed by atoms with Gasteiger partial charge in [0.25, 0.3) is 5.91 Å². The maximum Gasteiger partial charge on any atom is 0.573 e. The number of anilines is 1. The van der Waals surface area contributed by atoms with Crippen molar-refractivity contribution in [2.45, 2.75) is 26.6 Å². The molecule has 140 valence electrons. The van der Waals surface area contributed by atoms with E-state index >= 15 is 0 Å². The number of methoxy groups -OCH3 is 1. The van der Waals surface area contributed by atoms with Gasteiger partial charge >= 0.3 is 12.3 Å². The standard InChI is InChI=1S/C17H17F3N2O4/c1-4-12-13(16(24)25-3)9(2)14(22-12)15(23)21-10-5-7-11(8-6-10)26-17(18,19)20/h5-8,22H,4H2,1-3H3,(H,21,23). The van der Waals surface area contributed by atoms with E-state index in [0.29, 0.717) is 23.2 Å². The Hall–Kier alpha value is -2.97. The number of amides is 1. The molecule has 6 nitrogen and oxygen atoms in total. The Morgan fingerprint density at radius 2 is 1.81 bits per heavy atom. The van der Waals surface area contributed by atoms with Crippen LogP contribution in [0.15, 0.2) is 24.3 Å². The first-order chi connectivity index (χ1) is 12.2. The number of aromatic nitrogens is 1. The zero-order chi connectivity index (χ0) is 19.5. The maximum absolute atomic E-state index is 12.4. The highest BCUT2D eigenvalue weighted by atomic mass is 19.4. The molecule has 1 heterocycles. The number of ether oxygens (including phenoxy) is 2. The Bertz CT molecular complexity index is 811. The maximum atomic E-state index is 12.4. The van der Waals surface area contributed by atoms with Gasteiger partial charge in [-0.1, -0.05) is 6.92 Å². The molecule has 0 saturated carbocycles. The summed E-state index contributed by atoms with van der Waals surface area (Å²) >= 11 is 0. The number of esters is 1. The fraction of sp³-hybridized carbons (Fsp3) is 0.294. The van der Waals surface area contributed by atoms with E-state index in [2.05, 4.69) is 15.0 Å². The number of halogens is 3. The molecule has 0 bridgehead atoms. The highest BCUT2D eigenvalue weighted by molar-refractivity contribution is 6.06. The summed E-state index contributed by atoms with van der Waals surface area (Å²) in [4.78, 5) is 27.2. The van der Waals surface area contributed by atoms with Gasteiger partial charge in [-0.3, -0.25) is 4.79 Å². The molecule has 1 aromatic heterocycles. The van der Waals surface area contributed by atoms with Crippen LogP contribution >= 0.6 is 0 Å². The molecule has 0 unspecified atom stereocenters. The zero-order valence-electron chi connectivity index (χ0n) is 14.3. The predicted octanol–water partition coefficient (Wildman–Crippen LogP) is 3.82. The van der Waals surface area contributed by atoms with Crippen LogP contribution in [0.4, 0.5) is 18.9 Å². The van der Waals surface area contributed by atoms with Crippen LogP contribution in [-0.2, 0) is 11.2 Å². The number of carbonyl (C=O) groups excluding carboxylic acids is 2. The average molecular weight is 370 g/mol. The smallest absolute Gasteiger partial charge is 0.465 e. The highest BCUT2D eigenvalue weighted by Gasteiger charge is 2.31. The molecular formula is C17H17F3N2O4. The van der Waals surface area contributed by atoms with Crippen LogP contribution in [0, 0.1) is 6.92 Å². The first kappa shape index (κ1) is 19.4. The molecule has 0 saturated heterocycles. The van der Waals surface area contributed by atoms with E-state index in [1.807, 2.05) is 6.92 Å². The largest absolute Gasteiger partial charge is 0.573 e. The van der Waals surface area contributed by atoms with Crippen molar-refractivity contribution in [3.8, 4) is 5.75 Å². The van der Waals surface area contributed by atoms with Crippen LogP contribution in [0.25, 0.3) is 0 Å². The minimum absolute atomic E-state index is 0.179. The second-order valence-electron chi connectivity index (χ2n) is 5.35. The van der Waals surface area contributed by atoms with Gasteiger partial charge in [-0.25, -0.2) is 4.79 Å². The topological polar surface area (TPSA) is 80.4 Å². The number of nitrogens with one attached hydrogen (secondary N) is 2. The molecule has 9 heteroatoms. The molecule has 1 aromatic carbocycles. The van der Waals surface area contributed by atoms with Gasteiger partial charge < -0.3 is 19.8 Å².